The standard InChI is InChI=1S/C21H24F3N5O2/c1-13-7-16(21(22,23)24)10-17(8-13)28-20(31)9-15-3-5-29(6-4-15)19-12-25-18(11-26-19)27-14(2)30/h7-8,10-12,15H,3-6,9H2,1-2H3,(H,28,31)(H,25,27,30). The third-order valence-corrected chi connectivity index (χ3v) is 5.04. The van der Waals surface area contributed by atoms with Crippen LogP contribution in [0, 0.1) is 12.8 Å². The van der Waals surface area contributed by atoms with Gasteiger partial charge in [0, 0.05) is 32.1 Å². The van der Waals surface area contributed by atoms with Gasteiger partial charge in [-0.15, -0.1) is 0 Å². The third kappa shape index (κ3) is 6.40. The van der Waals surface area contributed by atoms with Crippen LogP contribution in [0.4, 0.5) is 30.5 Å². The number of rotatable bonds is 5. The number of benzene rings is 1. The van der Waals surface area contributed by atoms with Gasteiger partial charge in [-0.3, -0.25) is 9.59 Å². The first-order valence-electron chi connectivity index (χ1n) is 9.93. The molecule has 0 unspecified atom stereocenters. The third-order valence-electron chi connectivity index (χ3n) is 5.04. The van der Waals surface area contributed by atoms with Crippen molar-refractivity contribution >= 4 is 29.1 Å². The van der Waals surface area contributed by atoms with E-state index in [0.29, 0.717) is 30.3 Å². The Morgan fingerprint density at radius 3 is 2.39 bits per heavy atom. The fourth-order valence-corrected chi connectivity index (χ4v) is 3.59. The van der Waals surface area contributed by atoms with E-state index in [1.165, 1.54) is 19.2 Å². The molecule has 0 saturated carbocycles. The largest absolute Gasteiger partial charge is 0.416 e. The van der Waals surface area contributed by atoms with Crippen molar-refractivity contribution in [2.24, 2.45) is 5.92 Å². The van der Waals surface area contributed by atoms with Gasteiger partial charge in [-0.25, -0.2) is 9.97 Å². The highest BCUT2D eigenvalue weighted by Crippen LogP contribution is 2.32. The molecule has 0 bridgehead atoms. The molecule has 1 saturated heterocycles. The molecule has 2 aromatic rings. The number of hydrogen-bond donors (Lipinski definition) is 2. The number of aromatic nitrogens is 2. The van der Waals surface area contributed by atoms with Crippen LogP contribution in [0.2, 0.25) is 0 Å². The SMILES string of the molecule is CC(=O)Nc1cnc(N2CCC(CC(=O)Nc3cc(C)cc(C(F)(F)F)c3)CC2)cn1. The number of carbonyl (C=O) groups is 2. The second kappa shape index (κ2) is 9.32. The zero-order chi connectivity index (χ0) is 22.6. The molecular formula is C21H24F3N5O2. The second-order valence-corrected chi connectivity index (χ2v) is 7.71. The Balaban J connectivity index is 1.51. The Kier molecular flexibility index (Phi) is 6.77. The van der Waals surface area contributed by atoms with Crippen LogP contribution >= 0.6 is 0 Å². The minimum Gasteiger partial charge on any atom is -0.355 e. The molecule has 1 fully saturated rings. The average Bonchev–Trinajstić information content (AvgIpc) is 2.67. The molecule has 1 aliphatic heterocycles. The number of anilines is 3. The molecule has 0 aliphatic carbocycles. The second-order valence-electron chi connectivity index (χ2n) is 7.71. The van der Waals surface area contributed by atoms with Gasteiger partial charge < -0.3 is 15.5 Å². The molecular weight excluding hydrogens is 411 g/mol. The summed E-state index contributed by atoms with van der Waals surface area (Å²) >= 11 is 0. The van der Waals surface area contributed by atoms with Crippen LogP contribution in [0.1, 0.15) is 37.3 Å². The number of carbonyl (C=O) groups excluding carboxylic acids is 2. The van der Waals surface area contributed by atoms with Crippen molar-refractivity contribution in [2.75, 3.05) is 28.6 Å². The van der Waals surface area contributed by atoms with Gasteiger partial charge in [-0.05, 0) is 49.4 Å². The zero-order valence-electron chi connectivity index (χ0n) is 17.3. The Morgan fingerprint density at radius 1 is 1.10 bits per heavy atom. The summed E-state index contributed by atoms with van der Waals surface area (Å²) in [6.45, 7) is 4.33. The number of nitrogens with zero attached hydrogens (tertiary/aromatic N) is 3. The van der Waals surface area contributed by atoms with Crippen molar-refractivity contribution < 1.29 is 22.8 Å². The van der Waals surface area contributed by atoms with E-state index in [2.05, 4.69) is 25.5 Å². The zero-order valence-corrected chi connectivity index (χ0v) is 17.3. The van der Waals surface area contributed by atoms with Gasteiger partial charge in [0.25, 0.3) is 0 Å². The monoisotopic (exact) mass is 435 g/mol. The van der Waals surface area contributed by atoms with E-state index in [4.69, 9.17) is 0 Å². The predicted molar refractivity (Wildman–Crippen MR) is 111 cm³/mol. The van der Waals surface area contributed by atoms with E-state index in [1.54, 1.807) is 13.1 Å². The van der Waals surface area contributed by atoms with Crippen LogP contribution in [0.25, 0.3) is 0 Å². The lowest BCUT2D eigenvalue weighted by Crippen LogP contribution is -2.35. The van der Waals surface area contributed by atoms with Crippen LogP contribution < -0.4 is 15.5 Å². The molecule has 3 rings (SSSR count). The molecule has 1 aliphatic rings. The van der Waals surface area contributed by atoms with Crippen molar-refractivity contribution in [2.45, 2.75) is 39.3 Å². The van der Waals surface area contributed by atoms with Gasteiger partial charge in [0.15, 0.2) is 5.82 Å². The Bertz CT molecular complexity index is 939. The normalized spacial score (nSPS) is 14.9. The summed E-state index contributed by atoms with van der Waals surface area (Å²) in [6, 6.07) is 3.53. The number of amides is 2. The first kappa shape index (κ1) is 22.5. The van der Waals surface area contributed by atoms with Crippen LogP contribution in [0.5, 0.6) is 0 Å². The Morgan fingerprint density at radius 2 is 1.81 bits per heavy atom. The maximum absolute atomic E-state index is 13.0. The van der Waals surface area contributed by atoms with E-state index in [1.807, 2.05) is 0 Å². The maximum atomic E-state index is 13.0. The van der Waals surface area contributed by atoms with Crippen LogP contribution in [-0.4, -0.2) is 34.9 Å². The summed E-state index contributed by atoms with van der Waals surface area (Å²) in [5, 5.41) is 5.16. The lowest BCUT2D eigenvalue weighted by atomic mass is 9.93. The van der Waals surface area contributed by atoms with E-state index < -0.39 is 11.7 Å². The topological polar surface area (TPSA) is 87.2 Å². The molecule has 0 radical (unpaired) electrons. The number of alkyl halides is 3. The first-order valence-corrected chi connectivity index (χ1v) is 9.93. The number of hydrogen-bond acceptors (Lipinski definition) is 5. The Hall–Kier alpha value is -3.17. The summed E-state index contributed by atoms with van der Waals surface area (Å²) in [7, 11) is 0. The molecule has 166 valence electrons. The van der Waals surface area contributed by atoms with Crippen molar-refractivity contribution in [3.05, 3.63) is 41.7 Å². The highest BCUT2D eigenvalue weighted by molar-refractivity contribution is 5.91. The fourth-order valence-electron chi connectivity index (χ4n) is 3.59. The maximum Gasteiger partial charge on any atom is 0.416 e. The van der Waals surface area contributed by atoms with Gasteiger partial charge in [-0.2, -0.15) is 13.2 Å². The quantitative estimate of drug-likeness (QED) is 0.741. The Labute approximate surface area is 178 Å². The van der Waals surface area contributed by atoms with Crippen molar-refractivity contribution in [3.63, 3.8) is 0 Å². The van der Waals surface area contributed by atoms with Crippen molar-refractivity contribution in [3.8, 4) is 0 Å². The summed E-state index contributed by atoms with van der Waals surface area (Å²) in [4.78, 5) is 33.9. The lowest BCUT2D eigenvalue weighted by molar-refractivity contribution is -0.137. The smallest absolute Gasteiger partial charge is 0.355 e. The molecule has 1 aromatic carbocycles. The van der Waals surface area contributed by atoms with Crippen LogP contribution in [0.15, 0.2) is 30.6 Å². The highest BCUT2D eigenvalue weighted by Gasteiger charge is 2.31. The molecule has 2 heterocycles. The van der Waals surface area contributed by atoms with Gasteiger partial charge in [0.2, 0.25) is 11.8 Å². The molecule has 2 N–H and O–H groups in total. The van der Waals surface area contributed by atoms with Crippen LogP contribution in [0.3, 0.4) is 0 Å². The van der Waals surface area contributed by atoms with E-state index in [-0.39, 0.29) is 29.8 Å². The van der Waals surface area contributed by atoms with Crippen molar-refractivity contribution in [1.29, 1.82) is 0 Å². The molecule has 7 nitrogen and oxygen atoms in total. The van der Waals surface area contributed by atoms with Gasteiger partial charge in [0.1, 0.15) is 5.82 Å². The van der Waals surface area contributed by atoms with E-state index >= 15 is 0 Å². The number of nitrogens with one attached hydrogen (secondary N) is 2. The molecule has 1 aromatic heterocycles. The molecule has 0 spiro atoms. The molecule has 31 heavy (non-hydrogen) atoms. The molecule has 0 atom stereocenters. The summed E-state index contributed by atoms with van der Waals surface area (Å²) < 4.78 is 38.9. The summed E-state index contributed by atoms with van der Waals surface area (Å²) in [6.07, 6.45) is 0.383. The van der Waals surface area contributed by atoms with E-state index in [9.17, 15) is 22.8 Å². The number of halogens is 3. The average molecular weight is 435 g/mol. The minimum absolute atomic E-state index is 0.134. The molecule has 10 heteroatoms. The minimum atomic E-state index is -4.46. The lowest BCUT2D eigenvalue weighted by Gasteiger charge is -2.32. The number of piperidine rings is 1. The first-order chi connectivity index (χ1) is 14.6. The van der Waals surface area contributed by atoms with Crippen molar-refractivity contribution in [1.82, 2.24) is 9.97 Å². The van der Waals surface area contributed by atoms with Crippen LogP contribution in [-0.2, 0) is 15.8 Å². The van der Waals surface area contributed by atoms with Gasteiger partial charge >= 0.3 is 6.18 Å². The fraction of sp³-hybridized carbons (Fsp3) is 0.429. The van der Waals surface area contributed by atoms with Gasteiger partial charge in [-0.1, -0.05) is 0 Å². The number of aryl methyl sites for hydroxylation is 1. The van der Waals surface area contributed by atoms with Gasteiger partial charge in [0.05, 0.1) is 18.0 Å². The summed E-state index contributed by atoms with van der Waals surface area (Å²) in [5.74, 6) is 0.692. The predicted octanol–water partition coefficient (Wildman–Crippen LogP) is 4.01. The molecule has 2 amide bonds. The summed E-state index contributed by atoms with van der Waals surface area (Å²) in [5.41, 5.74) is -0.185. The van der Waals surface area contributed by atoms with E-state index in [0.717, 1.165) is 25.0 Å². The highest BCUT2D eigenvalue weighted by atomic mass is 19.4.